The highest BCUT2D eigenvalue weighted by Gasteiger charge is 2.33. The van der Waals surface area contributed by atoms with Crippen molar-refractivity contribution in [3.05, 3.63) is 76.9 Å². The highest BCUT2D eigenvalue weighted by Crippen LogP contribution is 2.54. The van der Waals surface area contributed by atoms with E-state index in [9.17, 15) is 5.11 Å². The Hall–Kier alpha value is -3.66. The molecule has 0 fully saturated rings. The van der Waals surface area contributed by atoms with Crippen LogP contribution in [0.5, 0.6) is 17.2 Å². The van der Waals surface area contributed by atoms with Crippen molar-refractivity contribution in [2.75, 3.05) is 12.4 Å². The first-order valence-electron chi connectivity index (χ1n) is 11.4. The highest BCUT2D eigenvalue weighted by molar-refractivity contribution is 6.02. The van der Waals surface area contributed by atoms with Gasteiger partial charge in [0.1, 0.15) is 11.5 Å². The quantitative estimate of drug-likeness (QED) is 0.456. The van der Waals surface area contributed by atoms with E-state index >= 15 is 0 Å². The first-order valence-corrected chi connectivity index (χ1v) is 11.4. The Bertz CT molecular complexity index is 1310. The Labute approximate surface area is 195 Å². The van der Waals surface area contributed by atoms with Crippen LogP contribution in [0, 0.1) is 0 Å². The van der Waals surface area contributed by atoms with Crippen LogP contribution in [0.15, 0.2) is 54.6 Å². The zero-order chi connectivity index (χ0) is 23.3. The van der Waals surface area contributed by atoms with E-state index in [1.54, 1.807) is 19.2 Å². The molecule has 33 heavy (non-hydrogen) atoms. The molecule has 3 aromatic carbocycles. The molecule has 2 N–H and O–H groups in total. The molecule has 4 nitrogen and oxygen atoms in total. The summed E-state index contributed by atoms with van der Waals surface area (Å²) >= 11 is 0. The Morgan fingerprint density at radius 1 is 1.00 bits per heavy atom. The predicted molar refractivity (Wildman–Crippen MR) is 136 cm³/mol. The molecule has 4 heteroatoms. The van der Waals surface area contributed by atoms with Crippen molar-refractivity contribution in [3.8, 4) is 28.4 Å². The van der Waals surface area contributed by atoms with Crippen LogP contribution in [0.3, 0.4) is 0 Å². The number of phenols is 1. The summed E-state index contributed by atoms with van der Waals surface area (Å²) in [6, 6.07) is 16.2. The summed E-state index contributed by atoms with van der Waals surface area (Å²) in [6.45, 7) is 8.63. The van der Waals surface area contributed by atoms with Crippen LogP contribution in [-0.4, -0.2) is 17.8 Å². The SMILES string of the molecule is CCc1ccc(C=C2Oc3ccc(O)c(OC)c3-c3ccc4c(c32)C(C)=CC(C)(C)N4)cc1. The largest absolute Gasteiger partial charge is 0.504 e. The number of hydrogen-bond donors (Lipinski definition) is 2. The number of benzene rings is 3. The summed E-state index contributed by atoms with van der Waals surface area (Å²) in [4.78, 5) is 0. The number of hydrogen-bond acceptors (Lipinski definition) is 4. The molecule has 0 saturated heterocycles. The van der Waals surface area contributed by atoms with Crippen LogP contribution in [0.25, 0.3) is 28.5 Å². The molecular weight excluding hydrogens is 410 g/mol. The van der Waals surface area contributed by atoms with Gasteiger partial charge in [0.05, 0.1) is 18.2 Å². The van der Waals surface area contributed by atoms with Gasteiger partial charge < -0.3 is 19.9 Å². The third-order valence-corrected chi connectivity index (χ3v) is 6.36. The van der Waals surface area contributed by atoms with Crippen molar-refractivity contribution in [1.29, 1.82) is 0 Å². The fraction of sp³-hybridized carbons (Fsp3) is 0.241. The van der Waals surface area contributed by atoms with Gasteiger partial charge in [-0.15, -0.1) is 0 Å². The summed E-state index contributed by atoms with van der Waals surface area (Å²) < 4.78 is 12.1. The van der Waals surface area contributed by atoms with Crippen molar-refractivity contribution in [2.24, 2.45) is 0 Å². The lowest BCUT2D eigenvalue weighted by molar-refractivity contribution is 0.371. The van der Waals surface area contributed by atoms with E-state index < -0.39 is 0 Å². The molecule has 0 unspecified atom stereocenters. The normalized spacial score (nSPS) is 16.6. The molecule has 168 valence electrons. The number of methoxy groups -OCH3 is 1. The van der Waals surface area contributed by atoms with Gasteiger partial charge in [-0.1, -0.05) is 43.3 Å². The molecule has 0 aliphatic carbocycles. The number of rotatable bonds is 3. The summed E-state index contributed by atoms with van der Waals surface area (Å²) in [5, 5.41) is 14.1. The average Bonchev–Trinajstić information content (AvgIpc) is 2.78. The van der Waals surface area contributed by atoms with Crippen molar-refractivity contribution in [1.82, 2.24) is 0 Å². The number of phenolic OH excluding ortho intramolecular Hbond substituents is 1. The van der Waals surface area contributed by atoms with E-state index in [4.69, 9.17) is 9.47 Å². The van der Waals surface area contributed by atoms with Gasteiger partial charge in [0.15, 0.2) is 11.5 Å². The third kappa shape index (κ3) is 3.56. The maximum Gasteiger partial charge on any atom is 0.172 e. The summed E-state index contributed by atoms with van der Waals surface area (Å²) in [7, 11) is 1.57. The van der Waals surface area contributed by atoms with Crippen molar-refractivity contribution < 1.29 is 14.6 Å². The van der Waals surface area contributed by atoms with Crippen LogP contribution >= 0.6 is 0 Å². The highest BCUT2D eigenvalue weighted by atomic mass is 16.5. The second-order valence-corrected chi connectivity index (χ2v) is 9.28. The molecule has 5 rings (SSSR count). The van der Waals surface area contributed by atoms with Gasteiger partial charge in [-0.3, -0.25) is 0 Å². The minimum absolute atomic E-state index is 0.0950. The Morgan fingerprint density at radius 3 is 2.45 bits per heavy atom. The number of aryl methyl sites for hydroxylation is 1. The van der Waals surface area contributed by atoms with E-state index in [0.29, 0.717) is 11.5 Å². The minimum atomic E-state index is -0.144. The van der Waals surface area contributed by atoms with Crippen molar-refractivity contribution in [3.63, 3.8) is 0 Å². The smallest absolute Gasteiger partial charge is 0.172 e. The standard InChI is InChI=1S/C29H29NO3/c1-6-18-7-9-19(10-8-18)15-24-26-20(27-23(33-24)14-13-22(31)28(27)32-5)11-12-21-25(26)17(2)16-29(3,4)30-21/h7-16,30-31H,6H2,1-5H3. The lowest BCUT2D eigenvalue weighted by Gasteiger charge is -2.35. The van der Waals surface area contributed by atoms with Crippen LogP contribution in [-0.2, 0) is 6.42 Å². The summed E-state index contributed by atoms with van der Waals surface area (Å²) in [5.41, 5.74) is 8.34. The second kappa shape index (κ2) is 7.73. The van der Waals surface area contributed by atoms with Crippen LogP contribution < -0.4 is 14.8 Å². The summed E-state index contributed by atoms with van der Waals surface area (Å²) in [6.07, 6.45) is 5.35. The molecule has 0 bridgehead atoms. The first kappa shape index (κ1) is 21.2. The minimum Gasteiger partial charge on any atom is -0.504 e. The monoisotopic (exact) mass is 439 g/mol. The van der Waals surface area contributed by atoms with Crippen molar-refractivity contribution in [2.45, 2.75) is 39.7 Å². The van der Waals surface area contributed by atoms with Gasteiger partial charge in [-0.25, -0.2) is 0 Å². The maximum absolute atomic E-state index is 10.5. The molecule has 0 saturated carbocycles. The van der Waals surface area contributed by atoms with E-state index in [0.717, 1.165) is 45.7 Å². The molecule has 0 radical (unpaired) electrons. The number of allylic oxidation sites excluding steroid dienone is 1. The van der Waals surface area contributed by atoms with E-state index in [2.05, 4.69) is 81.6 Å². The topological polar surface area (TPSA) is 50.7 Å². The number of ether oxygens (including phenoxy) is 2. The van der Waals surface area contributed by atoms with Gasteiger partial charge in [-0.05, 0) is 68.2 Å². The predicted octanol–water partition coefficient (Wildman–Crippen LogP) is 7.13. The van der Waals surface area contributed by atoms with Crippen molar-refractivity contribution >= 4 is 23.1 Å². The van der Waals surface area contributed by atoms with Crippen LogP contribution in [0.4, 0.5) is 5.69 Å². The molecule has 0 amide bonds. The lowest BCUT2D eigenvalue weighted by atomic mass is 9.82. The molecule has 3 aromatic rings. The zero-order valence-electron chi connectivity index (χ0n) is 19.7. The van der Waals surface area contributed by atoms with E-state index in [1.165, 1.54) is 11.1 Å². The molecular formula is C29H29NO3. The number of nitrogens with one attached hydrogen (secondary N) is 1. The lowest BCUT2D eigenvalue weighted by Crippen LogP contribution is -2.32. The van der Waals surface area contributed by atoms with Gasteiger partial charge in [0, 0.05) is 22.4 Å². The number of aromatic hydroxyl groups is 1. The summed E-state index contributed by atoms with van der Waals surface area (Å²) in [5.74, 6) is 1.96. The Morgan fingerprint density at radius 2 is 1.76 bits per heavy atom. The van der Waals surface area contributed by atoms with E-state index in [1.807, 2.05) is 0 Å². The molecule has 2 aliphatic rings. The van der Waals surface area contributed by atoms with Crippen LogP contribution in [0.1, 0.15) is 49.9 Å². The van der Waals surface area contributed by atoms with Crippen LogP contribution in [0.2, 0.25) is 0 Å². The number of anilines is 1. The first-order chi connectivity index (χ1) is 15.8. The molecule has 0 aromatic heterocycles. The van der Waals surface area contributed by atoms with Gasteiger partial charge in [0.2, 0.25) is 0 Å². The molecule has 2 heterocycles. The van der Waals surface area contributed by atoms with Gasteiger partial charge in [-0.2, -0.15) is 0 Å². The van der Waals surface area contributed by atoms with E-state index in [-0.39, 0.29) is 11.3 Å². The fourth-order valence-corrected chi connectivity index (χ4v) is 4.95. The average molecular weight is 440 g/mol. The molecule has 0 atom stereocenters. The third-order valence-electron chi connectivity index (χ3n) is 6.36. The molecule has 0 spiro atoms. The maximum atomic E-state index is 10.5. The fourth-order valence-electron chi connectivity index (χ4n) is 4.95. The number of fused-ring (bicyclic) bond motifs is 5. The zero-order valence-corrected chi connectivity index (χ0v) is 19.7. The second-order valence-electron chi connectivity index (χ2n) is 9.28. The van der Waals surface area contributed by atoms with Gasteiger partial charge in [0.25, 0.3) is 0 Å². The Balaban J connectivity index is 1.80. The van der Waals surface area contributed by atoms with Gasteiger partial charge >= 0.3 is 0 Å². The molecule has 2 aliphatic heterocycles. The Kier molecular flexibility index (Phi) is 4.97.